The molecule has 124 valence electrons. The minimum absolute atomic E-state index is 0.0247. The maximum absolute atomic E-state index is 12.3. The average molecular weight is 355 g/mol. The van der Waals surface area contributed by atoms with Crippen molar-refractivity contribution in [1.82, 2.24) is 9.88 Å². The van der Waals surface area contributed by atoms with Crippen molar-refractivity contribution >= 4 is 33.1 Å². The summed E-state index contributed by atoms with van der Waals surface area (Å²) in [5, 5.41) is 3.37. The third kappa shape index (κ3) is 5.09. The van der Waals surface area contributed by atoms with Crippen LogP contribution in [0.2, 0.25) is 5.02 Å². The highest BCUT2D eigenvalue weighted by atomic mass is 35.5. The fraction of sp³-hybridized carbons (Fsp3) is 0.267. The maximum Gasteiger partial charge on any atom is 0.264 e. The minimum atomic E-state index is -3.76. The van der Waals surface area contributed by atoms with Gasteiger partial charge in [-0.05, 0) is 38.4 Å². The van der Waals surface area contributed by atoms with Crippen LogP contribution in [-0.2, 0) is 10.0 Å². The van der Waals surface area contributed by atoms with Crippen LogP contribution in [0.5, 0.6) is 0 Å². The molecule has 2 aromatic rings. The Morgan fingerprint density at radius 3 is 2.52 bits per heavy atom. The zero-order valence-electron chi connectivity index (χ0n) is 13.0. The lowest BCUT2D eigenvalue weighted by molar-refractivity contribution is 0.425. The molecule has 0 unspecified atom stereocenters. The lowest BCUT2D eigenvalue weighted by atomic mass is 10.4. The number of rotatable bonds is 7. The van der Waals surface area contributed by atoms with E-state index < -0.39 is 10.0 Å². The van der Waals surface area contributed by atoms with Crippen LogP contribution >= 0.6 is 11.6 Å². The van der Waals surface area contributed by atoms with Gasteiger partial charge in [-0.15, -0.1) is 0 Å². The van der Waals surface area contributed by atoms with Crippen molar-refractivity contribution in [1.29, 1.82) is 0 Å². The van der Waals surface area contributed by atoms with Crippen molar-refractivity contribution in [3.63, 3.8) is 0 Å². The highest BCUT2D eigenvalue weighted by Gasteiger charge is 2.17. The second-order valence-electron chi connectivity index (χ2n) is 5.20. The molecule has 0 saturated carbocycles. The van der Waals surface area contributed by atoms with E-state index in [2.05, 4.69) is 19.9 Å². The van der Waals surface area contributed by atoms with Crippen molar-refractivity contribution in [2.45, 2.75) is 4.90 Å². The second-order valence-corrected chi connectivity index (χ2v) is 7.26. The highest BCUT2D eigenvalue weighted by molar-refractivity contribution is 7.92. The zero-order valence-corrected chi connectivity index (χ0v) is 14.5. The van der Waals surface area contributed by atoms with E-state index in [0.29, 0.717) is 0 Å². The number of anilines is 2. The summed E-state index contributed by atoms with van der Waals surface area (Å²) in [5.41, 5.74) is 0.826. The van der Waals surface area contributed by atoms with Crippen LogP contribution in [0.3, 0.4) is 0 Å². The fourth-order valence-corrected chi connectivity index (χ4v) is 3.37. The number of nitrogens with zero attached hydrogens (tertiary/aromatic N) is 2. The molecule has 0 spiro atoms. The number of pyridine rings is 1. The molecule has 0 fully saturated rings. The summed E-state index contributed by atoms with van der Waals surface area (Å²) in [4.78, 5) is 6.19. The van der Waals surface area contributed by atoms with Gasteiger partial charge in [-0.1, -0.05) is 23.7 Å². The molecule has 0 atom stereocenters. The molecule has 0 aliphatic heterocycles. The summed E-state index contributed by atoms with van der Waals surface area (Å²) in [6, 6.07) is 9.64. The van der Waals surface area contributed by atoms with Crippen LogP contribution in [0.25, 0.3) is 0 Å². The van der Waals surface area contributed by atoms with Gasteiger partial charge in [0.05, 0.1) is 16.9 Å². The molecule has 0 amide bonds. The molecule has 1 aromatic carbocycles. The Bertz CT molecular complexity index is 748. The summed E-state index contributed by atoms with van der Waals surface area (Å²) >= 11 is 5.93. The van der Waals surface area contributed by atoms with Crippen LogP contribution in [0.4, 0.5) is 11.5 Å². The molecule has 8 heteroatoms. The fourth-order valence-electron chi connectivity index (χ4n) is 1.84. The van der Waals surface area contributed by atoms with Crippen LogP contribution in [0.1, 0.15) is 0 Å². The number of nitrogens with one attached hydrogen (secondary N) is 2. The Morgan fingerprint density at radius 2 is 1.91 bits per heavy atom. The quantitative estimate of drug-likeness (QED) is 0.799. The number of halogens is 1. The molecule has 1 heterocycles. The Labute approximate surface area is 141 Å². The molecular formula is C15H19ClN4O2S. The minimum Gasteiger partial charge on any atom is -0.383 e. The molecule has 0 radical (unpaired) electrons. The van der Waals surface area contributed by atoms with Crippen LogP contribution in [0, 0.1) is 0 Å². The molecule has 6 nitrogen and oxygen atoms in total. The Hall–Kier alpha value is -1.83. The summed E-state index contributed by atoms with van der Waals surface area (Å²) in [5.74, 6) is 0.239. The van der Waals surface area contributed by atoms with E-state index in [9.17, 15) is 8.42 Å². The first-order chi connectivity index (χ1) is 10.9. The first kappa shape index (κ1) is 17.5. The predicted molar refractivity (Wildman–Crippen MR) is 93.5 cm³/mol. The van der Waals surface area contributed by atoms with Crippen LogP contribution in [-0.4, -0.2) is 45.5 Å². The monoisotopic (exact) mass is 354 g/mol. The first-order valence-electron chi connectivity index (χ1n) is 7.00. The van der Waals surface area contributed by atoms with E-state index in [1.807, 2.05) is 14.1 Å². The topological polar surface area (TPSA) is 74.3 Å². The number of hydrogen-bond donors (Lipinski definition) is 2. The van der Waals surface area contributed by atoms with Gasteiger partial charge in [0.1, 0.15) is 10.7 Å². The Morgan fingerprint density at radius 1 is 1.17 bits per heavy atom. The summed E-state index contributed by atoms with van der Waals surface area (Å²) in [6.07, 6.45) is 1.58. The third-order valence-corrected chi connectivity index (χ3v) is 4.87. The molecule has 0 saturated heterocycles. The number of aromatic nitrogens is 1. The Kier molecular flexibility index (Phi) is 5.81. The van der Waals surface area contributed by atoms with Gasteiger partial charge in [0.15, 0.2) is 0 Å². The smallest absolute Gasteiger partial charge is 0.264 e. The van der Waals surface area contributed by atoms with Gasteiger partial charge in [0.25, 0.3) is 10.0 Å². The van der Waals surface area contributed by atoms with Gasteiger partial charge in [0, 0.05) is 13.1 Å². The van der Waals surface area contributed by atoms with Gasteiger partial charge in [-0.25, -0.2) is 13.4 Å². The van der Waals surface area contributed by atoms with Crippen molar-refractivity contribution in [2.75, 3.05) is 37.2 Å². The molecule has 23 heavy (non-hydrogen) atoms. The van der Waals surface area contributed by atoms with E-state index in [1.54, 1.807) is 30.5 Å². The molecule has 0 bridgehead atoms. The molecule has 2 N–H and O–H groups in total. The van der Waals surface area contributed by atoms with E-state index in [4.69, 9.17) is 11.6 Å². The van der Waals surface area contributed by atoms with E-state index in [1.165, 1.54) is 12.1 Å². The second kappa shape index (κ2) is 7.63. The summed E-state index contributed by atoms with van der Waals surface area (Å²) in [7, 11) is 0.229. The van der Waals surface area contributed by atoms with Gasteiger partial charge in [-0.2, -0.15) is 0 Å². The lowest BCUT2D eigenvalue weighted by Gasteiger charge is -2.12. The standard InChI is InChI=1S/C15H19ClN4O2S/c1-20(2)10-9-17-12-7-8-15(18-11-12)19-23(21,22)14-6-4-3-5-13(14)16/h3-8,11,17H,9-10H2,1-2H3,(H,18,19). The molecule has 0 aliphatic rings. The van der Waals surface area contributed by atoms with Gasteiger partial charge >= 0.3 is 0 Å². The van der Waals surface area contributed by atoms with E-state index >= 15 is 0 Å². The van der Waals surface area contributed by atoms with Crippen molar-refractivity contribution in [3.8, 4) is 0 Å². The van der Waals surface area contributed by atoms with E-state index in [-0.39, 0.29) is 15.7 Å². The number of hydrogen-bond acceptors (Lipinski definition) is 5. The average Bonchev–Trinajstić information content (AvgIpc) is 2.48. The number of likely N-dealkylation sites (N-methyl/N-ethyl adjacent to an activating group) is 1. The van der Waals surface area contributed by atoms with E-state index in [0.717, 1.165) is 18.8 Å². The van der Waals surface area contributed by atoms with Crippen molar-refractivity contribution in [2.24, 2.45) is 0 Å². The SMILES string of the molecule is CN(C)CCNc1ccc(NS(=O)(=O)c2ccccc2Cl)nc1. The number of benzene rings is 1. The normalized spacial score (nSPS) is 11.5. The Balaban J connectivity index is 2.04. The third-order valence-electron chi connectivity index (χ3n) is 3.02. The number of sulfonamides is 1. The van der Waals surface area contributed by atoms with Gasteiger partial charge in [0.2, 0.25) is 0 Å². The molecule has 2 rings (SSSR count). The highest BCUT2D eigenvalue weighted by Crippen LogP contribution is 2.22. The van der Waals surface area contributed by atoms with Crippen LogP contribution in [0.15, 0.2) is 47.5 Å². The first-order valence-corrected chi connectivity index (χ1v) is 8.86. The molecule has 0 aliphatic carbocycles. The molecule has 1 aromatic heterocycles. The maximum atomic E-state index is 12.3. The largest absolute Gasteiger partial charge is 0.383 e. The van der Waals surface area contributed by atoms with Crippen molar-refractivity contribution in [3.05, 3.63) is 47.6 Å². The molecular weight excluding hydrogens is 336 g/mol. The summed E-state index contributed by atoms with van der Waals surface area (Å²) in [6.45, 7) is 1.67. The van der Waals surface area contributed by atoms with Gasteiger partial charge in [-0.3, -0.25) is 4.72 Å². The van der Waals surface area contributed by atoms with Gasteiger partial charge < -0.3 is 10.2 Å². The lowest BCUT2D eigenvalue weighted by Crippen LogP contribution is -2.20. The zero-order chi connectivity index (χ0) is 16.9. The predicted octanol–water partition coefficient (Wildman–Crippen LogP) is 2.51. The van der Waals surface area contributed by atoms with Crippen LogP contribution < -0.4 is 10.0 Å². The summed E-state index contributed by atoms with van der Waals surface area (Å²) < 4.78 is 27.0. The van der Waals surface area contributed by atoms with Crippen molar-refractivity contribution < 1.29 is 8.42 Å².